The van der Waals surface area contributed by atoms with Crippen LogP contribution in [0.3, 0.4) is 0 Å². The normalized spacial score (nSPS) is 11.4. The third-order valence-corrected chi connectivity index (χ3v) is 4.37. The molecule has 3 heteroatoms. The Kier molecular flexibility index (Phi) is 3.98. The van der Waals surface area contributed by atoms with Crippen molar-refractivity contribution < 1.29 is 14.6 Å². The lowest BCUT2D eigenvalue weighted by Crippen LogP contribution is -1.79. The molecule has 0 saturated carbocycles. The van der Waals surface area contributed by atoms with Gasteiger partial charge in [0, 0.05) is 16.5 Å². The number of hydrogen-bond acceptors (Lipinski definition) is 3. The lowest BCUT2D eigenvalue weighted by atomic mass is 10.0. The monoisotopic (exact) mass is 342 g/mol. The van der Waals surface area contributed by atoms with Gasteiger partial charge in [0.25, 0.3) is 0 Å². The van der Waals surface area contributed by atoms with Gasteiger partial charge in [-0.25, -0.2) is 0 Å². The van der Waals surface area contributed by atoms with Gasteiger partial charge in [-0.15, -0.1) is 0 Å². The Morgan fingerprint density at radius 2 is 1.54 bits per heavy atom. The second-order valence-corrected chi connectivity index (χ2v) is 6.28. The van der Waals surface area contributed by atoms with E-state index in [0.717, 1.165) is 33.2 Å². The minimum atomic E-state index is 0.208. The first-order valence-corrected chi connectivity index (χ1v) is 8.40. The number of rotatable bonds is 3. The molecule has 128 valence electrons. The third-order valence-electron chi connectivity index (χ3n) is 4.37. The number of fused-ring (bicyclic) bond motifs is 1. The third kappa shape index (κ3) is 2.95. The van der Waals surface area contributed by atoms with E-state index in [1.54, 1.807) is 24.3 Å². The molecule has 0 fully saturated rings. The lowest BCUT2D eigenvalue weighted by Gasteiger charge is -2.00. The summed E-state index contributed by atoms with van der Waals surface area (Å²) in [6.07, 6.45) is 4.02. The highest BCUT2D eigenvalue weighted by molar-refractivity contribution is 5.98. The van der Waals surface area contributed by atoms with E-state index in [9.17, 15) is 10.2 Å². The number of benzene rings is 3. The number of phenols is 2. The van der Waals surface area contributed by atoms with E-state index in [4.69, 9.17) is 4.42 Å². The molecule has 0 aliphatic heterocycles. The minimum absolute atomic E-state index is 0.208. The molecule has 0 aliphatic carbocycles. The Morgan fingerprint density at radius 1 is 0.808 bits per heavy atom. The minimum Gasteiger partial charge on any atom is -0.508 e. The van der Waals surface area contributed by atoms with Crippen molar-refractivity contribution in [2.24, 2.45) is 0 Å². The Bertz CT molecular complexity index is 1090. The number of aromatic hydroxyl groups is 2. The van der Waals surface area contributed by atoms with Crippen molar-refractivity contribution in [1.29, 1.82) is 0 Å². The fourth-order valence-corrected chi connectivity index (χ4v) is 3.11. The van der Waals surface area contributed by atoms with Gasteiger partial charge in [-0.05, 0) is 60.5 Å². The van der Waals surface area contributed by atoms with Crippen molar-refractivity contribution in [3.63, 3.8) is 0 Å². The summed E-state index contributed by atoms with van der Waals surface area (Å²) < 4.78 is 6.16. The molecule has 0 aliphatic rings. The molecule has 0 saturated heterocycles. The summed E-state index contributed by atoms with van der Waals surface area (Å²) >= 11 is 0. The fraction of sp³-hybridized carbons (Fsp3) is 0.0435. The van der Waals surface area contributed by atoms with Crippen molar-refractivity contribution in [3.8, 4) is 22.8 Å². The molecule has 1 heterocycles. The van der Waals surface area contributed by atoms with E-state index >= 15 is 0 Å². The van der Waals surface area contributed by atoms with Crippen LogP contribution in [0.5, 0.6) is 11.5 Å². The van der Waals surface area contributed by atoms with Crippen molar-refractivity contribution in [3.05, 3.63) is 83.4 Å². The maximum Gasteiger partial charge on any atom is 0.142 e. The Morgan fingerprint density at radius 3 is 2.27 bits per heavy atom. The van der Waals surface area contributed by atoms with E-state index in [1.807, 2.05) is 61.5 Å². The molecule has 0 amide bonds. The highest BCUT2D eigenvalue weighted by Crippen LogP contribution is 2.38. The first-order valence-electron chi connectivity index (χ1n) is 8.40. The molecule has 0 spiro atoms. The molecule has 0 radical (unpaired) electrons. The molecule has 0 unspecified atom stereocenters. The van der Waals surface area contributed by atoms with Crippen molar-refractivity contribution in [2.45, 2.75) is 6.92 Å². The molecule has 26 heavy (non-hydrogen) atoms. The summed E-state index contributed by atoms with van der Waals surface area (Å²) in [5, 5.41) is 20.5. The predicted molar refractivity (Wildman–Crippen MR) is 105 cm³/mol. The van der Waals surface area contributed by atoms with Gasteiger partial charge < -0.3 is 14.6 Å². The van der Waals surface area contributed by atoms with Gasteiger partial charge in [0.05, 0.1) is 0 Å². The predicted octanol–water partition coefficient (Wildman–Crippen LogP) is 5.99. The summed E-state index contributed by atoms with van der Waals surface area (Å²) in [6, 6.07) is 20.3. The molecule has 4 rings (SSSR count). The average Bonchev–Trinajstić information content (AvgIpc) is 3.00. The van der Waals surface area contributed by atoms with Crippen LogP contribution >= 0.6 is 0 Å². The van der Waals surface area contributed by atoms with Crippen molar-refractivity contribution >= 4 is 23.1 Å². The molecule has 4 aromatic rings. The lowest BCUT2D eigenvalue weighted by molar-refractivity contribution is 0.474. The van der Waals surface area contributed by atoms with E-state index < -0.39 is 0 Å². The van der Waals surface area contributed by atoms with Crippen molar-refractivity contribution in [1.82, 2.24) is 0 Å². The molecular weight excluding hydrogens is 324 g/mol. The molecule has 0 atom stereocenters. The van der Waals surface area contributed by atoms with Crippen LogP contribution in [0.15, 0.2) is 71.1 Å². The van der Waals surface area contributed by atoms with Crippen LogP contribution in [0.1, 0.15) is 16.7 Å². The number of furan rings is 1. The van der Waals surface area contributed by atoms with Crippen LogP contribution < -0.4 is 0 Å². The summed E-state index contributed by atoms with van der Waals surface area (Å²) in [5.74, 6) is 1.13. The summed E-state index contributed by atoms with van der Waals surface area (Å²) in [6.45, 7) is 1.91. The van der Waals surface area contributed by atoms with Crippen LogP contribution in [-0.4, -0.2) is 10.2 Å². The zero-order valence-corrected chi connectivity index (χ0v) is 14.3. The first kappa shape index (κ1) is 16.0. The van der Waals surface area contributed by atoms with Crippen LogP contribution in [0.2, 0.25) is 0 Å². The second kappa shape index (κ2) is 6.45. The zero-order valence-electron chi connectivity index (χ0n) is 14.3. The van der Waals surface area contributed by atoms with E-state index in [1.165, 1.54) is 0 Å². The Labute approximate surface area is 151 Å². The first-order chi connectivity index (χ1) is 12.6. The van der Waals surface area contributed by atoms with Crippen LogP contribution in [0, 0.1) is 6.92 Å². The van der Waals surface area contributed by atoms with E-state index in [0.29, 0.717) is 5.76 Å². The van der Waals surface area contributed by atoms with Gasteiger partial charge in [0.2, 0.25) is 0 Å². The Balaban J connectivity index is 1.94. The number of hydrogen-bond donors (Lipinski definition) is 2. The topological polar surface area (TPSA) is 53.6 Å². The molecule has 3 aromatic carbocycles. The van der Waals surface area contributed by atoms with E-state index in [2.05, 4.69) is 0 Å². The summed E-state index contributed by atoms with van der Waals surface area (Å²) in [7, 11) is 0. The molecule has 3 nitrogen and oxygen atoms in total. The van der Waals surface area contributed by atoms with Gasteiger partial charge in [0.15, 0.2) is 0 Å². The van der Waals surface area contributed by atoms with Crippen molar-refractivity contribution in [2.75, 3.05) is 0 Å². The highest BCUT2D eigenvalue weighted by atomic mass is 16.3. The maximum absolute atomic E-state index is 10.0. The van der Waals surface area contributed by atoms with Gasteiger partial charge in [-0.3, -0.25) is 0 Å². The van der Waals surface area contributed by atoms with Crippen LogP contribution in [0.4, 0.5) is 0 Å². The number of phenolic OH excluding ortho intramolecular Hbond substituents is 2. The standard InChI is InChI=1S/C23H18O3/c1-15-13-19(25)14-21-20(12-7-16-5-3-2-4-6-16)23(26-22(15)21)17-8-10-18(24)11-9-17/h2-14,24-25H,1H3. The molecular formula is C23H18O3. The molecule has 0 bridgehead atoms. The molecule has 1 aromatic heterocycles. The van der Waals surface area contributed by atoms with Crippen LogP contribution in [-0.2, 0) is 0 Å². The summed E-state index contributed by atoms with van der Waals surface area (Å²) in [4.78, 5) is 0. The summed E-state index contributed by atoms with van der Waals surface area (Å²) in [5.41, 5.74) is 4.47. The average molecular weight is 342 g/mol. The molecule has 2 N–H and O–H groups in total. The fourth-order valence-electron chi connectivity index (χ4n) is 3.11. The second-order valence-electron chi connectivity index (χ2n) is 6.28. The van der Waals surface area contributed by atoms with Gasteiger partial charge in [-0.2, -0.15) is 0 Å². The van der Waals surface area contributed by atoms with Gasteiger partial charge in [-0.1, -0.05) is 36.4 Å². The maximum atomic E-state index is 10.0. The van der Waals surface area contributed by atoms with Crippen LogP contribution in [0.25, 0.3) is 34.4 Å². The Hall–Kier alpha value is -3.46. The van der Waals surface area contributed by atoms with E-state index in [-0.39, 0.29) is 11.5 Å². The number of aryl methyl sites for hydroxylation is 1. The zero-order chi connectivity index (χ0) is 18.1. The quantitative estimate of drug-likeness (QED) is 0.481. The smallest absolute Gasteiger partial charge is 0.142 e. The highest BCUT2D eigenvalue weighted by Gasteiger charge is 2.16. The van der Waals surface area contributed by atoms with Gasteiger partial charge in [0.1, 0.15) is 22.8 Å². The largest absolute Gasteiger partial charge is 0.508 e. The SMILES string of the molecule is Cc1cc(O)cc2c(C=Cc3ccccc3)c(-c3ccc(O)cc3)oc12. The van der Waals surface area contributed by atoms with Gasteiger partial charge >= 0.3 is 0 Å².